The second-order valence-electron chi connectivity index (χ2n) is 5.18. The molecular formula is C14H26N4O. The number of nitrogens with two attached hydrogens (primary N) is 1. The summed E-state index contributed by atoms with van der Waals surface area (Å²) < 4.78 is 7.49. The van der Waals surface area contributed by atoms with Crippen LogP contribution >= 0.6 is 0 Å². The molecular weight excluding hydrogens is 240 g/mol. The summed E-state index contributed by atoms with van der Waals surface area (Å²) in [5, 5.41) is 4.55. The molecule has 2 unspecified atom stereocenters. The van der Waals surface area contributed by atoms with Gasteiger partial charge in [-0.3, -0.25) is 9.58 Å². The minimum absolute atomic E-state index is 0.262. The van der Waals surface area contributed by atoms with Gasteiger partial charge in [-0.25, -0.2) is 0 Å². The minimum atomic E-state index is 0.262. The molecule has 1 saturated heterocycles. The first-order valence-corrected chi connectivity index (χ1v) is 7.27. The highest BCUT2D eigenvalue weighted by Crippen LogP contribution is 2.27. The highest BCUT2D eigenvalue weighted by Gasteiger charge is 2.30. The van der Waals surface area contributed by atoms with Gasteiger partial charge in [-0.1, -0.05) is 13.8 Å². The maximum absolute atomic E-state index is 6.07. The lowest BCUT2D eigenvalue weighted by atomic mass is 10.0. The van der Waals surface area contributed by atoms with Crippen LogP contribution in [0.1, 0.15) is 37.6 Å². The molecule has 2 atom stereocenters. The van der Waals surface area contributed by atoms with Crippen LogP contribution < -0.4 is 5.73 Å². The van der Waals surface area contributed by atoms with E-state index in [-0.39, 0.29) is 6.04 Å². The fraction of sp³-hybridized carbons (Fsp3) is 0.786. The number of hydrogen-bond donors (Lipinski definition) is 1. The van der Waals surface area contributed by atoms with Gasteiger partial charge >= 0.3 is 0 Å². The van der Waals surface area contributed by atoms with Gasteiger partial charge in [0.25, 0.3) is 0 Å². The zero-order valence-electron chi connectivity index (χ0n) is 12.3. The summed E-state index contributed by atoms with van der Waals surface area (Å²) >= 11 is 0. The third-order valence-corrected chi connectivity index (χ3v) is 4.00. The Morgan fingerprint density at radius 1 is 1.53 bits per heavy atom. The highest BCUT2D eigenvalue weighted by atomic mass is 16.5. The Hall–Kier alpha value is -0.910. The molecule has 108 valence electrons. The lowest BCUT2D eigenvalue weighted by Crippen LogP contribution is -2.48. The molecule has 1 aliphatic rings. The fourth-order valence-corrected chi connectivity index (χ4v) is 2.98. The molecule has 5 heteroatoms. The number of rotatable bonds is 5. The Labute approximate surface area is 115 Å². The predicted molar refractivity (Wildman–Crippen MR) is 76.0 cm³/mol. The number of aryl methyl sites for hydroxylation is 2. The Kier molecular flexibility index (Phi) is 4.96. The predicted octanol–water partition coefficient (Wildman–Crippen LogP) is 1.09. The van der Waals surface area contributed by atoms with E-state index in [9.17, 15) is 0 Å². The molecule has 0 bridgehead atoms. The monoisotopic (exact) mass is 266 g/mol. The summed E-state index contributed by atoms with van der Waals surface area (Å²) in [6.45, 7) is 7.57. The summed E-state index contributed by atoms with van der Waals surface area (Å²) in [7, 11) is 1.98. The summed E-state index contributed by atoms with van der Waals surface area (Å²) in [6.07, 6.45) is 4.17. The second-order valence-corrected chi connectivity index (χ2v) is 5.18. The SMILES string of the molecule is CCc1nn(C)cc1C(CN)N1CCOCC1CC. The Morgan fingerprint density at radius 3 is 2.95 bits per heavy atom. The van der Waals surface area contributed by atoms with Crippen molar-refractivity contribution in [3.63, 3.8) is 0 Å². The third-order valence-electron chi connectivity index (χ3n) is 4.00. The second kappa shape index (κ2) is 6.50. The van der Waals surface area contributed by atoms with Gasteiger partial charge in [0.15, 0.2) is 0 Å². The molecule has 1 aromatic rings. The first-order valence-electron chi connectivity index (χ1n) is 7.27. The number of nitrogens with zero attached hydrogens (tertiary/aromatic N) is 3. The average Bonchev–Trinajstić information content (AvgIpc) is 2.81. The molecule has 2 rings (SSSR count). The third kappa shape index (κ3) is 2.99. The van der Waals surface area contributed by atoms with E-state index in [1.54, 1.807) is 0 Å². The average molecular weight is 266 g/mol. The lowest BCUT2D eigenvalue weighted by Gasteiger charge is -2.40. The van der Waals surface area contributed by atoms with Crippen molar-refractivity contribution in [3.05, 3.63) is 17.5 Å². The summed E-state index contributed by atoms with van der Waals surface area (Å²) in [5.74, 6) is 0. The van der Waals surface area contributed by atoms with Crippen LogP contribution in [-0.4, -0.2) is 47.0 Å². The van der Waals surface area contributed by atoms with Crippen LogP contribution in [0, 0.1) is 0 Å². The fourth-order valence-electron chi connectivity index (χ4n) is 2.98. The van der Waals surface area contributed by atoms with Gasteiger partial charge < -0.3 is 10.5 Å². The van der Waals surface area contributed by atoms with Crippen LogP contribution in [0.4, 0.5) is 0 Å². The Morgan fingerprint density at radius 2 is 2.32 bits per heavy atom. The zero-order chi connectivity index (χ0) is 13.8. The molecule has 0 radical (unpaired) electrons. The topological polar surface area (TPSA) is 56.3 Å². The van der Waals surface area contributed by atoms with Gasteiger partial charge in [-0.15, -0.1) is 0 Å². The van der Waals surface area contributed by atoms with Gasteiger partial charge in [-0.2, -0.15) is 5.10 Å². The molecule has 0 amide bonds. The zero-order valence-corrected chi connectivity index (χ0v) is 12.3. The standard InChI is InChI=1S/C14H26N4O/c1-4-11-10-19-7-6-18(11)14(8-15)12-9-17(3)16-13(12)5-2/h9,11,14H,4-8,10,15H2,1-3H3. The summed E-state index contributed by atoms with van der Waals surface area (Å²) in [5.41, 5.74) is 8.52. The maximum Gasteiger partial charge on any atom is 0.0670 e. The number of morpholine rings is 1. The quantitative estimate of drug-likeness (QED) is 0.867. The largest absolute Gasteiger partial charge is 0.378 e. The molecule has 1 fully saturated rings. The summed E-state index contributed by atoms with van der Waals surface area (Å²) in [4.78, 5) is 2.50. The molecule has 2 N–H and O–H groups in total. The number of ether oxygens (including phenoxy) is 1. The smallest absolute Gasteiger partial charge is 0.0670 e. The molecule has 0 spiro atoms. The molecule has 5 nitrogen and oxygen atoms in total. The number of aromatic nitrogens is 2. The Bertz CT molecular complexity index is 404. The van der Waals surface area contributed by atoms with Gasteiger partial charge in [0.2, 0.25) is 0 Å². The van der Waals surface area contributed by atoms with Crippen molar-refractivity contribution in [1.29, 1.82) is 0 Å². The molecule has 2 heterocycles. The van der Waals surface area contributed by atoms with Gasteiger partial charge in [0.1, 0.15) is 0 Å². The van der Waals surface area contributed by atoms with Crippen molar-refractivity contribution in [3.8, 4) is 0 Å². The lowest BCUT2D eigenvalue weighted by molar-refractivity contribution is -0.0292. The van der Waals surface area contributed by atoms with E-state index < -0.39 is 0 Å². The van der Waals surface area contributed by atoms with E-state index >= 15 is 0 Å². The molecule has 0 aliphatic carbocycles. The summed E-state index contributed by atoms with van der Waals surface area (Å²) in [6, 6.07) is 0.727. The molecule has 0 saturated carbocycles. The van der Waals surface area contributed by atoms with Crippen LogP contribution in [0.3, 0.4) is 0 Å². The van der Waals surface area contributed by atoms with Crippen LogP contribution in [0.15, 0.2) is 6.20 Å². The van der Waals surface area contributed by atoms with Crippen molar-refractivity contribution in [1.82, 2.24) is 14.7 Å². The van der Waals surface area contributed by atoms with Gasteiger partial charge in [-0.05, 0) is 12.8 Å². The maximum atomic E-state index is 6.07. The first-order chi connectivity index (χ1) is 9.21. The van der Waals surface area contributed by atoms with E-state index in [0.717, 1.165) is 32.6 Å². The molecule has 1 aliphatic heterocycles. The van der Waals surface area contributed by atoms with E-state index in [0.29, 0.717) is 12.6 Å². The highest BCUT2D eigenvalue weighted by molar-refractivity contribution is 5.22. The molecule has 0 aromatic carbocycles. The molecule has 19 heavy (non-hydrogen) atoms. The number of hydrogen-bond acceptors (Lipinski definition) is 4. The van der Waals surface area contributed by atoms with Crippen molar-refractivity contribution in [2.75, 3.05) is 26.3 Å². The van der Waals surface area contributed by atoms with Crippen molar-refractivity contribution < 1.29 is 4.74 Å². The van der Waals surface area contributed by atoms with Gasteiger partial charge in [0, 0.05) is 37.9 Å². The van der Waals surface area contributed by atoms with Crippen LogP contribution in [-0.2, 0) is 18.2 Å². The van der Waals surface area contributed by atoms with Crippen LogP contribution in [0.2, 0.25) is 0 Å². The van der Waals surface area contributed by atoms with Crippen LogP contribution in [0.25, 0.3) is 0 Å². The van der Waals surface area contributed by atoms with E-state index in [2.05, 4.69) is 30.0 Å². The van der Waals surface area contributed by atoms with E-state index in [4.69, 9.17) is 10.5 Å². The van der Waals surface area contributed by atoms with Crippen molar-refractivity contribution in [2.24, 2.45) is 12.8 Å². The normalized spacial score (nSPS) is 22.6. The Balaban J connectivity index is 2.26. The minimum Gasteiger partial charge on any atom is -0.378 e. The van der Waals surface area contributed by atoms with Gasteiger partial charge in [0.05, 0.1) is 24.9 Å². The van der Waals surface area contributed by atoms with Crippen molar-refractivity contribution in [2.45, 2.75) is 38.8 Å². The van der Waals surface area contributed by atoms with E-state index in [1.807, 2.05) is 11.7 Å². The van der Waals surface area contributed by atoms with E-state index in [1.165, 1.54) is 11.3 Å². The molecule has 1 aromatic heterocycles. The first kappa shape index (κ1) is 14.5. The van der Waals surface area contributed by atoms with Crippen LogP contribution in [0.5, 0.6) is 0 Å². The van der Waals surface area contributed by atoms with Crippen molar-refractivity contribution >= 4 is 0 Å².